The van der Waals surface area contributed by atoms with Gasteiger partial charge in [-0.1, -0.05) is 0 Å². The number of hydrogen-bond acceptors (Lipinski definition) is 5. The maximum Gasteiger partial charge on any atom is 0.239 e. The minimum atomic E-state index is -0.419. The molecule has 1 aliphatic heterocycles. The molecule has 1 rings (SSSR count). The van der Waals surface area contributed by atoms with Crippen molar-refractivity contribution in [1.82, 2.24) is 15.1 Å². The molecule has 1 N–H and O–H groups in total. The zero-order valence-corrected chi connectivity index (χ0v) is 12.1. The second kappa shape index (κ2) is 8.51. The quantitative estimate of drug-likeness (QED) is 0.689. The van der Waals surface area contributed by atoms with Crippen molar-refractivity contribution < 1.29 is 14.3 Å². The summed E-state index contributed by atoms with van der Waals surface area (Å²) in [6, 6.07) is 1.59. The number of carbonyl (C=O) groups is 2. The van der Waals surface area contributed by atoms with E-state index in [4.69, 9.17) is 10.00 Å². The number of nitriles is 1. The number of rotatable bonds is 6. The first kappa shape index (κ1) is 16.4. The summed E-state index contributed by atoms with van der Waals surface area (Å²) in [6.07, 6.45) is 0.311. The van der Waals surface area contributed by atoms with E-state index in [9.17, 15) is 9.59 Å². The van der Waals surface area contributed by atoms with Crippen LogP contribution in [0.1, 0.15) is 13.3 Å². The fraction of sp³-hybridized carbons (Fsp3) is 0.769. The summed E-state index contributed by atoms with van der Waals surface area (Å²) in [5.41, 5.74) is 0. The molecule has 112 valence electrons. The summed E-state index contributed by atoms with van der Waals surface area (Å²) in [5, 5.41) is 11.3. The van der Waals surface area contributed by atoms with E-state index in [0.717, 1.165) is 0 Å². The molecule has 2 amide bonds. The van der Waals surface area contributed by atoms with Crippen LogP contribution in [0.15, 0.2) is 0 Å². The van der Waals surface area contributed by atoms with Crippen LogP contribution >= 0.6 is 0 Å². The van der Waals surface area contributed by atoms with Crippen molar-refractivity contribution >= 4 is 11.8 Å². The minimum absolute atomic E-state index is 0.0866. The number of nitrogens with one attached hydrogen (secondary N) is 1. The van der Waals surface area contributed by atoms with Gasteiger partial charge in [-0.15, -0.1) is 0 Å². The third kappa shape index (κ3) is 4.79. The third-order valence-electron chi connectivity index (χ3n) is 3.22. The molecule has 0 aromatic carbocycles. The summed E-state index contributed by atoms with van der Waals surface area (Å²) in [7, 11) is 1.67. The molecule has 1 unspecified atom stereocenters. The van der Waals surface area contributed by atoms with Crippen molar-refractivity contribution in [2.45, 2.75) is 19.4 Å². The van der Waals surface area contributed by atoms with Gasteiger partial charge in [0.2, 0.25) is 11.8 Å². The predicted molar refractivity (Wildman–Crippen MR) is 72.7 cm³/mol. The molecule has 7 nitrogen and oxygen atoms in total. The molecule has 7 heteroatoms. The van der Waals surface area contributed by atoms with Gasteiger partial charge in [-0.2, -0.15) is 5.26 Å². The molecule has 0 aliphatic carbocycles. The minimum Gasteiger partial charge on any atom is -0.378 e. The maximum atomic E-state index is 12.0. The number of ether oxygens (including phenoxy) is 1. The van der Waals surface area contributed by atoms with Gasteiger partial charge in [0.15, 0.2) is 0 Å². The summed E-state index contributed by atoms with van der Waals surface area (Å²) >= 11 is 0. The first-order valence-corrected chi connectivity index (χ1v) is 6.80. The van der Waals surface area contributed by atoms with E-state index in [0.29, 0.717) is 39.3 Å². The molecule has 1 atom stereocenters. The van der Waals surface area contributed by atoms with E-state index >= 15 is 0 Å². The Morgan fingerprint density at radius 2 is 2.30 bits per heavy atom. The average Bonchev–Trinajstić information content (AvgIpc) is 2.45. The molecule has 1 aliphatic rings. The van der Waals surface area contributed by atoms with Crippen molar-refractivity contribution in [2.75, 3.05) is 46.4 Å². The first-order chi connectivity index (χ1) is 9.60. The van der Waals surface area contributed by atoms with Gasteiger partial charge in [0, 0.05) is 26.7 Å². The maximum absolute atomic E-state index is 12.0. The molecule has 0 aromatic rings. The summed E-state index contributed by atoms with van der Waals surface area (Å²) in [6.45, 7) is 4.37. The van der Waals surface area contributed by atoms with Gasteiger partial charge in [0.05, 0.1) is 32.2 Å². The van der Waals surface area contributed by atoms with Crippen LogP contribution in [-0.4, -0.2) is 74.1 Å². The van der Waals surface area contributed by atoms with Gasteiger partial charge >= 0.3 is 0 Å². The van der Waals surface area contributed by atoms with Gasteiger partial charge in [0.1, 0.15) is 6.04 Å². The van der Waals surface area contributed by atoms with Crippen LogP contribution in [0, 0.1) is 11.3 Å². The molecule has 1 fully saturated rings. The number of likely N-dealkylation sites (N-methyl/N-ethyl adjacent to an activating group) is 2. The van der Waals surface area contributed by atoms with E-state index in [-0.39, 0.29) is 18.4 Å². The SMILES string of the molecule is CCNC(=O)C1COCCN1CC(=O)N(C)CCC#N. The summed E-state index contributed by atoms with van der Waals surface area (Å²) in [4.78, 5) is 27.3. The van der Waals surface area contributed by atoms with Gasteiger partial charge < -0.3 is 15.0 Å². The predicted octanol–water partition coefficient (Wildman–Crippen LogP) is -0.805. The van der Waals surface area contributed by atoms with Crippen LogP contribution in [0.2, 0.25) is 0 Å². The average molecular weight is 282 g/mol. The summed E-state index contributed by atoms with van der Waals surface area (Å²) < 4.78 is 5.32. The zero-order valence-electron chi connectivity index (χ0n) is 12.1. The molecule has 1 saturated heterocycles. The standard InChI is InChI=1S/C13H22N4O3/c1-3-15-13(19)11-10-20-8-7-17(11)9-12(18)16(2)6-4-5-14/h11H,3-4,6-10H2,1-2H3,(H,15,19). The van der Waals surface area contributed by atoms with E-state index in [1.807, 2.05) is 17.9 Å². The zero-order chi connectivity index (χ0) is 15.0. The Kier molecular flexibility index (Phi) is 6.98. The van der Waals surface area contributed by atoms with E-state index < -0.39 is 6.04 Å². The molecule has 1 heterocycles. The number of nitrogens with zero attached hydrogens (tertiary/aromatic N) is 3. The molecular formula is C13H22N4O3. The number of amides is 2. The third-order valence-corrected chi connectivity index (χ3v) is 3.22. The Balaban J connectivity index is 2.56. The second-order valence-corrected chi connectivity index (χ2v) is 4.68. The Morgan fingerprint density at radius 1 is 1.55 bits per heavy atom. The van der Waals surface area contributed by atoms with Crippen LogP contribution < -0.4 is 5.32 Å². The van der Waals surface area contributed by atoms with Crippen molar-refractivity contribution in [3.63, 3.8) is 0 Å². The molecule has 0 aromatic heterocycles. The highest BCUT2D eigenvalue weighted by Gasteiger charge is 2.30. The molecule has 0 saturated carbocycles. The highest BCUT2D eigenvalue weighted by molar-refractivity contribution is 5.83. The van der Waals surface area contributed by atoms with E-state index in [1.54, 1.807) is 7.05 Å². The van der Waals surface area contributed by atoms with Crippen molar-refractivity contribution in [1.29, 1.82) is 5.26 Å². The van der Waals surface area contributed by atoms with Crippen molar-refractivity contribution in [3.8, 4) is 6.07 Å². The van der Waals surface area contributed by atoms with E-state index in [2.05, 4.69) is 5.32 Å². The van der Waals surface area contributed by atoms with E-state index in [1.165, 1.54) is 4.90 Å². The van der Waals surface area contributed by atoms with Gasteiger partial charge in [-0.25, -0.2) is 0 Å². The molecule has 20 heavy (non-hydrogen) atoms. The Bertz CT molecular complexity index is 380. The fourth-order valence-corrected chi connectivity index (χ4v) is 2.00. The molecule has 0 radical (unpaired) electrons. The van der Waals surface area contributed by atoms with Crippen molar-refractivity contribution in [3.05, 3.63) is 0 Å². The highest BCUT2D eigenvalue weighted by Crippen LogP contribution is 2.07. The lowest BCUT2D eigenvalue weighted by atomic mass is 10.2. The monoisotopic (exact) mass is 282 g/mol. The Hall–Kier alpha value is -1.65. The van der Waals surface area contributed by atoms with Crippen LogP contribution in [0.3, 0.4) is 0 Å². The van der Waals surface area contributed by atoms with Crippen LogP contribution in [-0.2, 0) is 14.3 Å². The molecular weight excluding hydrogens is 260 g/mol. The van der Waals surface area contributed by atoms with Crippen LogP contribution in [0.25, 0.3) is 0 Å². The second-order valence-electron chi connectivity index (χ2n) is 4.68. The Morgan fingerprint density at radius 3 is 2.95 bits per heavy atom. The van der Waals surface area contributed by atoms with Crippen LogP contribution in [0.4, 0.5) is 0 Å². The largest absolute Gasteiger partial charge is 0.378 e. The topological polar surface area (TPSA) is 85.7 Å². The smallest absolute Gasteiger partial charge is 0.239 e. The summed E-state index contributed by atoms with van der Waals surface area (Å²) in [5.74, 6) is -0.198. The lowest BCUT2D eigenvalue weighted by Crippen LogP contribution is -2.56. The Labute approximate surface area is 119 Å². The fourth-order valence-electron chi connectivity index (χ4n) is 2.00. The number of morpholine rings is 1. The van der Waals surface area contributed by atoms with Gasteiger partial charge in [0.25, 0.3) is 0 Å². The van der Waals surface area contributed by atoms with Gasteiger partial charge in [-0.3, -0.25) is 14.5 Å². The number of carbonyl (C=O) groups excluding carboxylic acids is 2. The van der Waals surface area contributed by atoms with Gasteiger partial charge in [-0.05, 0) is 6.92 Å². The molecule has 0 spiro atoms. The molecule has 0 bridgehead atoms. The number of hydrogen-bond donors (Lipinski definition) is 1. The lowest BCUT2D eigenvalue weighted by Gasteiger charge is -2.34. The van der Waals surface area contributed by atoms with Crippen molar-refractivity contribution in [2.24, 2.45) is 0 Å². The first-order valence-electron chi connectivity index (χ1n) is 6.80. The van der Waals surface area contributed by atoms with Crippen LogP contribution in [0.5, 0.6) is 0 Å². The highest BCUT2D eigenvalue weighted by atomic mass is 16.5. The lowest BCUT2D eigenvalue weighted by molar-refractivity contribution is -0.138. The normalized spacial score (nSPS) is 19.1.